The van der Waals surface area contributed by atoms with E-state index in [-0.39, 0.29) is 23.1 Å². The van der Waals surface area contributed by atoms with Crippen LogP contribution in [0.4, 0.5) is 5.69 Å². The number of hydrogen-bond acceptors (Lipinski definition) is 5. The van der Waals surface area contributed by atoms with E-state index in [4.69, 9.17) is 10.8 Å². The summed E-state index contributed by atoms with van der Waals surface area (Å²) in [5.41, 5.74) is 5.90. The first kappa shape index (κ1) is 13.3. The molecule has 2 rings (SSSR count). The zero-order chi connectivity index (χ0) is 13.2. The summed E-state index contributed by atoms with van der Waals surface area (Å²) in [5, 5.41) is 9.04. The normalized spacial score (nSPS) is 18.9. The SMILES string of the molecule is Nc1ccncc1S(=O)(=O)N1CCC(CO)CC1. The van der Waals surface area contributed by atoms with Crippen molar-refractivity contribution in [3.8, 4) is 0 Å². The number of nitrogen functional groups attached to an aromatic ring is 1. The molecule has 2 heterocycles. The number of hydrogen-bond donors (Lipinski definition) is 2. The number of aromatic nitrogens is 1. The van der Waals surface area contributed by atoms with Gasteiger partial charge < -0.3 is 10.8 Å². The summed E-state index contributed by atoms with van der Waals surface area (Å²) < 4.78 is 26.1. The van der Waals surface area contributed by atoms with Crippen LogP contribution in [0.3, 0.4) is 0 Å². The molecule has 3 N–H and O–H groups in total. The fourth-order valence-corrected chi connectivity index (χ4v) is 3.61. The average molecular weight is 271 g/mol. The minimum atomic E-state index is -3.56. The summed E-state index contributed by atoms with van der Waals surface area (Å²) in [4.78, 5) is 3.87. The molecule has 1 aliphatic heterocycles. The van der Waals surface area contributed by atoms with E-state index < -0.39 is 10.0 Å². The molecule has 1 aliphatic rings. The maximum atomic E-state index is 12.3. The number of anilines is 1. The van der Waals surface area contributed by atoms with Crippen LogP contribution in [0.1, 0.15) is 12.8 Å². The Morgan fingerprint density at radius 1 is 1.44 bits per heavy atom. The van der Waals surface area contributed by atoms with Gasteiger partial charge in [0.2, 0.25) is 10.0 Å². The van der Waals surface area contributed by atoms with Crippen LogP contribution in [-0.2, 0) is 10.0 Å². The van der Waals surface area contributed by atoms with Crippen molar-refractivity contribution in [2.24, 2.45) is 5.92 Å². The minimum absolute atomic E-state index is 0.0625. The molecule has 0 unspecified atom stereocenters. The quantitative estimate of drug-likeness (QED) is 0.810. The third-order valence-electron chi connectivity index (χ3n) is 3.27. The van der Waals surface area contributed by atoms with Gasteiger partial charge in [0.05, 0.1) is 5.69 Å². The summed E-state index contributed by atoms with van der Waals surface area (Å²) in [5.74, 6) is 0.197. The third-order valence-corrected chi connectivity index (χ3v) is 5.21. The van der Waals surface area contributed by atoms with Crippen LogP contribution < -0.4 is 5.73 Å². The fourth-order valence-electron chi connectivity index (χ4n) is 2.08. The van der Waals surface area contributed by atoms with Gasteiger partial charge in [0.25, 0.3) is 0 Å². The maximum absolute atomic E-state index is 12.3. The number of aliphatic hydroxyl groups excluding tert-OH is 1. The van der Waals surface area contributed by atoms with Gasteiger partial charge in [0.15, 0.2) is 0 Å². The van der Waals surface area contributed by atoms with E-state index in [1.54, 1.807) is 0 Å². The van der Waals surface area contributed by atoms with Crippen LogP contribution in [0.25, 0.3) is 0 Å². The highest BCUT2D eigenvalue weighted by Crippen LogP contribution is 2.25. The first-order valence-electron chi connectivity index (χ1n) is 5.86. The second-order valence-corrected chi connectivity index (χ2v) is 6.35. The molecule has 0 amide bonds. The Morgan fingerprint density at radius 2 is 2.11 bits per heavy atom. The molecule has 0 atom stereocenters. The first-order valence-corrected chi connectivity index (χ1v) is 7.30. The van der Waals surface area contributed by atoms with Crippen LogP contribution in [0.5, 0.6) is 0 Å². The standard InChI is InChI=1S/C11H17N3O3S/c12-10-1-4-13-7-11(10)18(16,17)14-5-2-9(8-15)3-6-14/h1,4,7,9,15H,2-3,5-6,8H2,(H2,12,13). The van der Waals surface area contributed by atoms with Gasteiger partial charge in [-0.3, -0.25) is 4.98 Å². The van der Waals surface area contributed by atoms with E-state index in [0.29, 0.717) is 25.9 Å². The van der Waals surface area contributed by atoms with E-state index in [1.807, 2.05) is 0 Å². The fraction of sp³-hybridized carbons (Fsp3) is 0.545. The first-order chi connectivity index (χ1) is 8.55. The van der Waals surface area contributed by atoms with Gasteiger partial charge in [-0.05, 0) is 24.8 Å². The highest BCUT2D eigenvalue weighted by Gasteiger charge is 2.30. The minimum Gasteiger partial charge on any atom is -0.398 e. The molecular weight excluding hydrogens is 254 g/mol. The second-order valence-electron chi connectivity index (χ2n) is 4.44. The Bertz CT molecular complexity index is 510. The molecule has 1 fully saturated rings. The van der Waals surface area contributed by atoms with E-state index in [9.17, 15) is 8.42 Å². The highest BCUT2D eigenvalue weighted by molar-refractivity contribution is 7.89. The van der Waals surface area contributed by atoms with Crippen LogP contribution in [0, 0.1) is 5.92 Å². The zero-order valence-electron chi connectivity index (χ0n) is 9.99. The molecule has 0 spiro atoms. The Kier molecular flexibility index (Phi) is 3.84. The van der Waals surface area contributed by atoms with Crippen molar-refractivity contribution in [3.05, 3.63) is 18.5 Å². The molecule has 18 heavy (non-hydrogen) atoms. The number of piperidine rings is 1. The van der Waals surface area contributed by atoms with E-state index in [1.165, 1.54) is 22.8 Å². The number of pyridine rings is 1. The molecule has 0 aliphatic carbocycles. The molecule has 0 radical (unpaired) electrons. The predicted octanol–water partition coefficient (Wildman–Crippen LogP) is 0.0568. The Morgan fingerprint density at radius 3 is 2.67 bits per heavy atom. The predicted molar refractivity (Wildman–Crippen MR) is 67.2 cm³/mol. The summed E-state index contributed by atoms with van der Waals surface area (Å²) in [6.07, 6.45) is 4.10. The smallest absolute Gasteiger partial charge is 0.246 e. The van der Waals surface area contributed by atoms with Crippen LogP contribution >= 0.6 is 0 Å². The molecular formula is C11H17N3O3S. The highest BCUT2D eigenvalue weighted by atomic mass is 32.2. The summed E-state index contributed by atoms with van der Waals surface area (Å²) in [6, 6.07) is 1.48. The molecule has 1 aromatic rings. The van der Waals surface area contributed by atoms with Gasteiger partial charge in [-0.1, -0.05) is 0 Å². The molecule has 1 aromatic heterocycles. The van der Waals surface area contributed by atoms with Crippen molar-refractivity contribution in [1.29, 1.82) is 0 Å². The Hall–Kier alpha value is -1.18. The molecule has 6 nitrogen and oxygen atoms in total. The Balaban J connectivity index is 2.20. The van der Waals surface area contributed by atoms with Crippen molar-refractivity contribution < 1.29 is 13.5 Å². The van der Waals surface area contributed by atoms with Crippen molar-refractivity contribution in [3.63, 3.8) is 0 Å². The summed E-state index contributed by atoms with van der Waals surface area (Å²) in [7, 11) is -3.56. The molecule has 0 aromatic carbocycles. The van der Waals surface area contributed by atoms with Crippen molar-refractivity contribution in [2.75, 3.05) is 25.4 Å². The third kappa shape index (κ3) is 2.47. The maximum Gasteiger partial charge on any atom is 0.246 e. The summed E-state index contributed by atoms with van der Waals surface area (Å²) in [6.45, 7) is 0.951. The number of aliphatic hydroxyl groups is 1. The van der Waals surface area contributed by atoms with Gasteiger partial charge in [0, 0.05) is 32.1 Å². The van der Waals surface area contributed by atoms with E-state index in [0.717, 1.165) is 0 Å². The van der Waals surface area contributed by atoms with Crippen molar-refractivity contribution >= 4 is 15.7 Å². The lowest BCUT2D eigenvalue weighted by Gasteiger charge is -2.30. The van der Waals surface area contributed by atoms with Crippen LogP contribution in [0.15, 0.2) is 23.4 Å². The average Bonchev–Trinajstić information content (AvgIpc) is 2.39. The number of nitrogens with zero attached hydrogens (tertiary/aromatic N) is 2. The molecule has 0 bridgehead atoms. The van der Waals surface area contributed by atoms with Crippen LogP contribution in [-0.4, -0.2) is 42.5 Å². The van der Waals surface area contributed by atoms with Gasteiger partial charge in [-0.15, -0.1) is 0 Å². The lowest BCUT2D eigenvalue weighted by molar-refractivity contribution is 0.170. The van der Waals surface area contributed by atoms with Gasteiger partial charge in [-0.25, -0.2) is 8.42 Å². The van der Waals surface area contributed by atoms with Crippen molar-refractivity contribution in [2.45, 2.75) is 17.7 Å². The largest absolute Gasteiger partial charge is 0.398 e. The zero-order valence-corrected chi connectivity index (χ0v) is 10.8. The lowest BCUT2D eigenvalue weighted by Crippen LogP contribution is -2.39. The van der Waals surface area contributed by atoms with Gasteiger partial charge in [0.1, 0.15) is 4.90 Å². The summed E-state index contributed by atoms with van der Waals surface area (Å²) >= 11 is 0. The second kappa shape index (κ2) is 5.21. The molecule has 1 saturated heterocycles. The lowest BCUT2D eigenvalue weighted by atomic mass is 10.00. The number of sulfonamides is 1. The topological polar surface area (TPSA) is 96.5 Å². The van der Waals surface area contributed by atoms with Gasteiger partial charge >= 0.3 is 0 Å². The monoisotopic (exact) mass is 271 g/mol. The molecule has 100 valence electrons. The number of nitrogens with two attached hydrogens (primary N) is 1. The van der Waals surface area contributed by atoms with E-state index in [2.05, 4.69) is 4.98 Å². The van der Waals surface area contributed by atoms with Gasteiger partial charge in [-0.2, -0.15) is 4.31 Å². The van der Waals surface area contributed by atoms with Crippen molar-refractivity contribution in [1.82, 2.24) is 9.29 Å². The number of rotatable bonds is 3. The van der Waals surface area contributed by atoms with Crippen LogP contribution in [0.2, 0.25) is 0 Å². The Labute approximate surface area is 106 Å². The molecule has 0 saturated carbocycles. The molecule has 7 heteroatoms. The van der Waals surface area contributed by atoms with E-state index >= 15 is 0 Å².